The van der Waals surface area contributed by atoms with E-state index in [1.54, 1.807) is 7.11 Å². The van der Waals surface area contributed by atoms with Crippen molar-refractivity contribution in [1.29, 1.82) is 0 Å². The lowest BCUT2D eigenvalue weighted by molar-refractivity contribution is 0.468. The summed E-state index contributed by atoms with van der Waals surface area (Å²) < 4.78 is 5.19. The van der Waals surface area contributed by atoms with Crippen LogP contribution in [0.15, 0.2) is 0 Å². The van der Waals surface area contributed by atoms with Gasteiger partial charge in [0.25, 0.3) is 0 Å². The van der Waals surface area contributed by atoms with Crippen LogP contribution in [0.25, 0.3) is 0 Å². The first-order valence-electron chi connectivity index (χ1n) is 2.96. The largest absolute Gasteiger partial charge is 0.177 e. The molecule has 0 spiro atoms. The van der Waals surface area contributed by atoms with E-state index in [2.05, 4.69) is 20.8 Å². The smallest absolute Gasteiger partial charge is 0.148 e. The molecule has 1 nitrogen and oxygen atoms in total. The normalized spacial score (nSPS) is 14.6. The Morgan fingerprint density at radius 2 is 2.00 bits per heavy atom. The van der Waals surface area contributed by atoms with E-state index in [-0.39, 0.29) is 11.2 Å². The maximum atomic E-state index is 5.19. The van der Waals surface area contributed by atoms with Crippen LogP contribution >= 0.6 is 0 Å². The SMILES string of the molecule is CC[S+](OC)C(C)C. The molecule has 0 aromatic rings. The Morgan fingerprint density at radius 1 is 1.50 bits per heavy atom. The molecule has 0 aliphatic carbocycles. The molecule has 0 aliphatic heterocycles. The fourth-order valence-electron chi connectivity index (χ4n) is 0.644. The third-order valence-corrected chi connectivity index (χ3v) is 3.07. The van der Waals surface area contributed by atoms with Crippen LogP contribution in [0.3, 0.4) is 0 Å². The standard InChI is InChI=1S/C6H15OS/c1-5-8(7-4)6(2)3/h6H,5H2,1-4H3/q+1. The Kier molecular flexibility index (Phi) is 4.38. The molecule has 0 bridgehead atoms. The van der Waals surface area contributed by atoms with Gasteiger partial charge >= 0.3 is 0 Å². The highest BCUT2D eigenvalue weighted by Crippen LogP contribution is 2.04. The van der Waals surface area contributed by atoms with Gasteiger partial charge in [0.2, 0.25) is 0 Å². The van der Waals surface area contributed by atoms with E-state index in [1.807, 2.05) is 0 Å². The Balaban J connectivity index is 3.35. The summed E-state index contributed by atoms with van der Waals surface area (Å²) in [7, 11) is 1.78. The van der Waals surface area contributed by atoms with Gasteiger partial charge in [0.05, 0.1) is 7.11 Å². The van der Waals surface area contributed by atoms with E-state index in [4.69, 9.17) is 4.18 Å². The quantitative estimate of drug-likeness (QED) is 0.534. The van der Waals surface area contributed by atoms with E-state index >= 15 is 0 Å². The molecule has 0 heterocycles. The summed E-state index contributed by atoms with van der Waals surface area (Å²) >= 11 is 0.210. The van der Waals surface area contributed by atoms with Crippen LogP contribution in [-0.2, 0) is 15.4 Å². The monoisotopic (exact) mass is 135 g/mol. The molecule has 0 aromatic carbocycles. The molecule has 8 heavy (non-hydrogen) atoms. The minimum absolute atomic E-state index is 0.210. The molecular weight excluding hydrogens is 120 g/mol. The van der Waals surface area contributed by atoms with Crippen LogP contribution in [-0.4, -0.2) is 18.1 Å². The molecule has 2 heteroatoms. The molecule has 0 N–H and O–H groups in total. The second-order valence-electron chi connectivity index (χ2n) is 1.88. The summed E-state index contributed by atoms with van der Waals surface area (Å²) in [6.07, 6.45) is 0. The molecular formula is C6H15OS+. The molecule has 0 fully saturated rings. The molecule has 1 atom stereocenters. The lowest BCUT2D eigenvalue weighted by Crippen LogP contribution is -2.18. The van der Waals surface area contributed by atoms with Crippen molar-refractivity contribution < 1.29 is 4.18 Å². The van der Waals surface area contributed by atoms with Crippen molar-refractivity contribution in [1.82, 2.24) is 0 Å². The van der Waals surface area contributed by atoms with Crippen molar-refractivity contribution in [3.63, 3.8) is 0 Å². The second kappa shape index (κ2) is 4.21. The van der Waals surface area contributed by atoms with Gasteiger partial charge in [-0.3, -0.25) is 0 Å². The van der Waals surface area contributed by atoms with Crippen molar-refractivity contribution in [3.8, 4) is 0 Å². The highest BCUT2D eigenvalue weighted by atomic mass is 32.2. The van der Waals surface area contributed by atoms with Gasteiger partial charge in [-0.05, 0) is 20.8 Å². The Bertz CT molecular complexity index is 50.5. The lowest BCUT2D eigenvalue weighted by Gasteiger charge is -2.03. The third kappa shape index (κ3) is 2.58. The molecule has 1 unspecified atom stereocenters. The van der Waals surface area contributed by atoms with E-state index in [9.17, 15) is 0 Å². The van der Waals surface area contributed by atoms with Crippen LogP contribution in [0.1, 0.15) is 20.8 Å². The van der Waals surface area contributed by atoms with E-state index in [0.717, 1.165) is 5.75 Å². The Morgan fingerprint density at radius 3 is 2.00 bits per heavy atom. The first-order valence-corrected chi connectivity index (χ1v) is 4.34. The predicted octanol–water partition coefficient (Wildman–Crippen LogP) is 1.59. The predicted molar refractivity (Wildman–Crippen MR) is 40.1 cm³/mol. The molecule has 0 saturated heterocycles. The van der Waals surface area contributed by atoms with Crippen LogP contribution in [0.4, 0.5) is 0 Å². The average Bonchev–Trinajstić information content (AvgIpc) is 1.69. The lowest BCUT2D eigenvalue weighted by atomic mass is 10.6. The van der Waals surface area contributed by atoms with Crippen LogP contribution in [0.2, 0.25) is 0 Å². The fourth-order valence-corrected chi connectivity index (χ4v) is 1.93. The first kappa shape index (κ1) is 8.31. The van der Waals surface area contributed by atoms with Gasteiger partial charge in [-0.15, -0.1) is 0 Å². The van der Waals surface area contributed by atoms with Crippen molar-refractivity contribution in [2.45, 2.75) is 26.0 Å². The van der Waals surface area contributed by atoms with Crippen LogP contribution in [0.5, 0.6) is 0 Å². The maximum absolute atomic E-state index is 5.19. The summed E-state index contributed by atoms with van der Waals surface area (Å²) in [4.78, 5) is 0. The van der Waals surface area contributed by atoms with Crippen LogP contribution in [0, 0.1) is 0 Å². The highest BCUT2D eigenvalue weighted by Gasteiger charge is 2.19. The number of hydrogen-bond acceptors (Lipinski definition) is 1. The van der Waals surface area contributed by atoms with E-state index in [0.29, 0.717) is 5.25 Å². The number of hydrogen-bond donors (Lipinski definition) is 0. The minimum Gasteiger partial charge on any atom is -0.177 e. The summed E-state index contributed by atoms with van der Waals surface area (Å²) in [5.41, 5.74) is 0. The van der Waals surface area contributed by atoms with Gasteiger partial charge < -0.3 is 0 Å². The zero-order valence-electron chi connectivity index (χ0n) is 6.10. The summed E-state index contributed by atoms with van der Waals surface area (Å²) in [5, 5.41) is 0.685. The van der Waals surface area contributed by atoms with E-state index in [1.165, 1.54) is 0 Å². The van der Waals surface area contributed by atoms with Crippen molar-refractivity contribution in [3.05, 3.63) is 0 Å². The molecule has 0 amide bonds. The highest BCUT2D eigenvalue weighted by molar-refractivity contribution is 7.92. The molecule has 0 aromatic heterocycles. The van der Waals surface area contributed by atoms with Crippen molar-refractivity contribution in [2.75, 3.05) is 12.9 Å². The molecule has 0 radical (unpaired) electrons. The number of rotatable bonds is 3. The van der Waals surface area contributed by atoms with Gasteiger partial charge in [0.1, 0.15) is 22.2 Å². The molecule has 0 aliphatic rings. The summed E-state index contributed by atoms with van der Waals surface area (Å²) in [6, 6.07) is 0. The van der Waals surface area contributed by atoms with Crippen molar-refractivity contribution >= 4 is 11.2 Å². The van der Waals surface area contributed by atoms with Gasteiger partial charge in [-0.25, -0.2) is 0 Å². The van der Waals surface area contributed by atoms with Crippen LogP contribution < -0.4 is 0 Å². The molecule has 0 saturated carbocycles. The minimum atomic E-state index is 0.210. The third-order valence-electron chi connectivity index (χ3n) is 1.02. The maximum Gasteiger partial charge on any atom is 0.148 e. The molecule has 0 rings (SSSR count). The zero-order chi connectivity index (χ0) is 6.57. The molecule has 50 valence electrons. The van der Waals surface area contributed by atoms with Gasteiger partial charge in [-0.1, -0.05) is 0 Å². The second-order valence-corrected chi connectivity index (χ2v) is 4.50. The zero-order valence-corrected chi connectivity index (χ0v) is 6.92. The van der Waals surface area contributed by atoms with Gasteiger partial charge in [0.15, 0.2) is 0 Å². The fraction of sp³-hybridized carbons (Fsp3) is 1.00. The van der Waals surface area contributed by atoms with Gasteiger partial charge in [-0.2, -0.15) is 4.18 Å². The van der Waals surface area contributed by atoms with Crippen molar-refractivity contribution in [2.24, 2.45) is 0 Å². The Hall–Kier alpha value is 0.310. The summed E-state index contributed by atoms with van der Waals surface area (Å²) in [5.74, 6) is 1.15. The van der Waals surface area contributed by atoms with E-state index < -0.39 is 0 Å². The summed E-state index contributed by atoms with van der Waals surface area (Å²) in [6.45, 7) is 6.54. The topological polar surface area (TPSA) is 9.23 Å². The average molecular weight is 135 g/mol. The van der Waals surface area contributed by atoms with Gasteiger partial charge in [0, 0.05) is 0 Å². The Labute approximate surface area is 55.0 Å². The first-order chi connectivity index (χ1) is 3.72.